The molecule has 0 aliphatic carbocycles. The Morgan fingerprint density at radius 3 is 2.58 bits per heavy atom. The molecule has 0 unspecified atom stereocenters. The molecule has 2 aromatic rings. The van der Waals surface area contributed by atoms with Gasteiger partial charge in [0.15, 0.2) is 11.5 Å². The summed E-state index contributed by atoms with van der Waals surface area (Å²) in [7, 11) is 3.38. The number of halogens is 1. The van der Waals surface area contributed by atoms with E-state index >= 15 is 0 Å². The van der Waals surface area contributed by atoms with Crippen molar-refractivity contribution in [2.45, 2.75) is 19.6 Å². The quantitative estimate of drug-likeness (QED) is 0.615. The largest absolute Gasteiger partial charge is 0.493 e. The van der Waals surface area contributed by atoms with Gasteiger partial charge in [0.25, 0.3) is 0 Å². The van der Waals surface area contributed by atoms with Crippen LogP contribution in [0.1, 0.15) is 17.5 Å². The van der Waals surface area contributed by atoms with E-state index in [2.05, 4.69) is 27.3 Å². The Morgan fingerprint density at radius 1 is 1.08 bits per heavy atom. The lowest BCUT2D eigenvalue weighted by Gasteiger charge is -2.16. The Balaban J connectivity index is 2.08. The molecule has 4 nitrogen and oxygen atoms in total. The van der Waals surface area contributed by atoms with Gasteiger partial charge in [-0.15, -0.1) is 0 Å². The van der Waals surface area contributed by atoms with Crippen molar-refractivity contribution in [3.05, 3.63) is 58.1 Å². The normalized spacial score (nSPS) is 10.6. The SMILES string of the molecule is COCCCNCc1cc(Br)cc(OC)c1OCc1ccccc1. The highest BCUT2D eigenvalue weighted by atomic mass is 79.9. The first-order valence-corrected chi connectivity index (χ1v) is 8.76. The van der Waals surface area contributed by atoms with Gasteiger partial charge in [0, 0.05) is 30.3 Å². The van der Waals surface area contributed by atoms with E-state index in [9.17, 15) is 0 Å². The zero-order valence-electron chi connectivity index (χ0n) is 14.2. The van der Waals surface area contributed by atoms with Crippen LogP contribution < -0.4 is 14.8 Å². The summed E-state index contributed by atoms with van der Waals surface area (Å²) in [6.45, 7) is 2.87. The minimum Gasteiger partial charge on any atom is -0.493 e. The summed E-state index contributed by atoms with van der Waals surface area (Å²) in [5, 5.41) is 3.42. The molecule has 130 valence electrons. The summed E-state index contributed by atoms with van der Waals surface area (Å²) < 4.78 is 17.6. The van der Waals surface area contributed by atoms with Crippen molar-refractivity contribution in [2.24, 2.45) is 0 Å². The van der Waals surface area contributed by atoms with Gasteiger partial charge in [-0.1, -0.05) is 46.3 Å². The van der Waals surface area contributed by atoms with Crippen molar-refractivity contribution >= 4 is 15.9 Å². The molecular formula is C19H24BrNO3. The smallest absolute Gasteiger partial charge is 0.166 e. The highest BCUT2D eigenvalue weighted by molar-refractivity contribution is 9.10. The summed E-state index contributed by atoms with van der Waals surface area (Å²) in [5.74, 6) is 1.51. The van der Waals surface area contributed by atoms with Gasteiger partial charge in [-0.25, -0.2) is 0 Å². The van der Waals surface area contributed by atoms with Crippen LogP contribution in [0.2, 0.25) is 0 Å². The van der Waals surface area contributed by atoms with Crippen LogP contribution in [-0.4, -0.2) is 27.4 Å². The summed E-state index contributed by atoms with van der Waals surface area (Å²) in [6, 6.07) is 14.1. The molecule has 0 amide bonds. The van der Waals surface area contributed by atoms with E-state index in [0.29, 0.717) is 13.2 Å². The minimum absolute atomic E-state index is 0.509. The third kappa shape index (κ3) is 5.82. The van der Waals surface area contributed by atoms with Crippen molar-refractivity contribution in [3.8, 4) is 11.5 Å². The number of methoxy groups -OCH3 is 2. The third-order valence-electron chi connectivity index (χ3n) is 3.56. The van der Waals surface area contributed by atoms with Crippen LogP contribution in [-0.2, 0) is 17.9 Å². The Hall–Kier alpha value is -1.56. The van der Waals surface area contributed by atoms with Gasteiger partial charge in [0.1, 0.15) is 6.61 Å². The van der Waals surface area contributed by atoms with Crippen molar-refractivity contribution in [2.75, 3.05) is 27.4 Å². The first-order chi connectivity index (χ1) is 11.7. The third-order valence-corrected chi connectivity index (χ3v) is 4.02. The molecule has 0 fully saturated rings. The standard InChI is InChI=1S/C19H24BrNO3/c1-22-10-6-9-21-13-16-11-17(20)12-18(23-2)19(16)24-14-15-7-4-3-5-8-15/h3-5,7-8,11-12,21H,6,9-10,13-14H2,1-2H3. The summed E-state index contributed by atoms with van der Waals surface area (Å²) in [6.07, 6.45) is 0.974. The Morgan fingerprint density at radius 2 is 1.88 bits per heavy atom. The van der Waals surface area contributed by atoms with Gasteiger partial charge in [-0.2, -0.15) is 0 Å². The van der Waals surface area contributed by atoms with E-state index in [1.165, 1.54) is 0 Å². The van der Waals surface area contributed by atoms with Gasteiger partial charge < -0.3 is 19.5 Å². The van der Waals surface area contributed by atoms with Crippen molar-refractivity contribution < 1.29 is 14.2 Å². The first kappa shape index (κ1) is 18.8. The number of benzene rings is 2. The fourth-order valence-electron chi connectivity index (χ4n) is 2.36. The van der Waals surface area contributed by atoms with Crippen LogP contribution in [0.3, 0.4) is 0 Å². The second kappa shape index (κ2) is 10.3. The zero-order chi connectivity index (χ0) is 17.2. The predicted molar refractivity (Wildman–Crippen MR) is 99.7 cm³/mol. The average molecular weight is 394 g/mol. The van der Waals surface area contributed by atoms with Crippen LogP contribution in [0, 0.1) is 0 Å². The Kier molecular flexibility index (Phi) is 8.08. The molecule has 0 aliphatic rings. The van der Waals surface area contributed by atoms with Gasteiger partial charge in [0.2, 0.25) is 0 Å². The maximum absolute atomic E-state index is 6.07. The number of hydrogen-bond acceptors (Lipinski definition) is 4. The molecule has 0 bridgehead atoms. The van der Waals surface area contributed by atoms with Gasteiger partial charge in [0.05, 0.1) is 7.11 Å². The van der Waals surface area contributed by atoms with E-state index < -0.39 is 0 Å². The van der Waals surface area contributed by atoms with E-state index in [1.54, 1.807) is 14.2 Å². The first-order valence-electron chi connectivity index (χ1n) is 7.97. The molecular weight excluding hydrogens is 370 g/mol. The lowest BCUT2D eigenvalue weighted by Crippen LogP contribution is -2.17. The second-order valence-corrected chi connectivity index (χ2v) is 6.31. The number of rotatable bonds is 10. The predicted octanol–water partition coefficient (Wildman–Crippen LogP) is 4.16. The van der Waals surface area contributed by atoms with E-state index in [-0.39, 0.29) is 0 Å². The summed E-state index contributed by atoms with van der Waals surface area (Å²) >= 11 is 3.53. The molecule has 0 aromatic heterocycles. The highest BCUT2D eigenvalue weighted by Gasteiger charge is 2.13. The molecule has 1 N–H and O–H groups in total. The molecule has 24 heavy (non-hydrogen) atoms. The van der Waals surface area contributed by atoms with Crippen molar-refractivity contribution in [1.29, 1.82) is 0 Å². The lowest BCUT2D eigenvalue weighted by molar-refractivity contribution is 0.194. The van der Waals surface area contributed by atoms with Crippen molar-refractivity contribution in [1.82, 2.24) is 5.32 Å². The summed E-state index contributed by atoms with van der Waals surface area (Å²) in [4.78, 5) is 0. The Labute approximate surface area is 152 Å². The fourth-order valence-corrected chi connectivity index (χ4v) is 2.85. The van der Waals surface area contributed by atoms with Crippen LogP contribution >= 0.6 is 15.9 Å². The minimum atomic E-state index is 0.509. The number of hydrogen-bond donors (Lipinski definition) is 1. The monoisotopic (exact) mass is 393 g/mol. The Bertz CT molecular complexity index is 620. The zero-order valence-corrected chi connectivity index (χ0v) is 15.8. The van der Waals surface area contributed by atoms with Crippen LogP contribution in [0.15, 0.2) is 46.9 Å². The number of ether oxygens (including phenoxy) is 3. The maximum atomic E-state index is 6.07. The topological polar surface area (TPSA) is 39.7 Å². The number of nitrogens with one attached hydrogen (secondary N) is 1. The van der Waals surface area contributed by atoms with E-state index in [1.807, 2.05) is 36.4 Å². The average Bonchev–Trinajstić information content (AvgIpc) is 2.61. The molecule has 5 heteroatoms. The molecule has 2 rings (SSSR count). The maximum Gasteiger partial charge on any atom is 0.166 e. The van der Waals surface area contributed by atoms with Crippen LogP contribution in [0.25, 0.3) is 0 Å². The molecule has 0 spiro atoms. The van der Waals surface area contributed by atoms with Crippen LogP contribution in [0.5, 0.6) is 11.5 Å². The van der Waals surface area contributed by atoms with Crippen LogP contribution in [0.4, 0.5) is 0 Å². The van der Waals surface area contributed by atoms with Crippen molar-refractivity contribution in [3.63, 3.8) is 0 Å². The van der Waals surface area contributed by atoms with Gasteiger partial charge in [-0.3, -0.25) is 0 Å². The molecule has 2 aromatic carbocycles. The fraction of sp³-hybridized carbons (Fsp3) is 0.368. The van der Waals surface area contributed by atoms with Gasteiger partial charge in [-0.05, 0) is 30.7 Å². The molecule has 0 heterocycles. The molecule has 0 atom stereocenters. The molecule has 0 aliphatic heterocycles. The van der Waals surface area contributed by atoms with E-state index in [0.717, 1.165) is 46.7 Å². The highest BCUT2D eigenvalue weighted by Crippen LogP contribution is 2.35. The van der Waals surface area contributed by atoms with E-state index in [4.69, 9.17) is 14.2 Å². The second-order valence-electron chi connectivity index (χ2n) is 5.39. The summed E-state index contributed by atoms with van der Waals surface area (Å²) in [5.41, 5.74) is 2.19. The molecule has 0 saturated heterocycles. The lowest BCUT2D eigenvalue weighted by atomic mass is 10.1. The molecule has 0 saturated carbocycles. The van der Waals surface area contributed by atoms with Gasteiger partial charge >= 0.3 is 0 Å². The molecule has 0 radical (unpaired) electrons.